The molecule has 0 saturated heterocycles. The number of unbranched alkanes of at least 4 members (excludes halogenated alkanes) is 2. The van der Waals surface area contributed by atoms with Gasteiger partial charge in [0.25, 0.3) is 0 Å². The Morgan fingerprint density at radius 1 is 1.22 bits per heavy atom. The highest BCUT2D eigenvalue weighted by Crippen LogP contribution is 2.28. The zero-order valence-corrected chi connectivity index (χ0v) is 12.9. The van der Waals surface area contributed by atoms with Gasteiger partial charge in [-0.05, 0) is 44.3 Å². The molecule has 0 aliphatic heterocycles. The molecule has 0 saturated carbocycles. The summed E-state index contributed by atoms with van der Waals surface area (Å²) in [5.74, 6) is 0. The van der Waals surface area contributed by atoms with Crippen molar-refractivity contribution in [2.45, 2.75) is 58.5 Å². The average Bonchev–Trinajstić information content (AvgIpc) is 2.85. The minimum absolute atomic E-state index is 0.192. The predicted octanol–water partition coefficient (Wildman–Crippen LogP) is 4.04. The predicted molar refractivity (Wildman–Crippen MR) is 82.1 cm³/mol. The van der Waals surface area contributed by atoms with Gasteiger partial charge in [0.15, 0.2) is 0 Å². The summed E-state index contributed by atoms with van der Waals surface area (Å²) in [6.45, 7) is 8.98. The van der Waals surface area contributed by atoms with Crippen molar-refractivity contribution in [3.05, 3.63) is 22.4 Å². The molecule has 0 fully saturated rings. The molecule has 1 aromatic rings. The highest BCUT2D eigenvalue weighted by molar-refractivity contribution is 7.10. The quantitative estimate of drug-likeness (QED) is 0.732. The van der Waals surface area contributed by atoms with Gasteiger partial charge < -0.3 is 5.73 Å². The van der Waals surface area contributed by atoms with Gasteiger partial charge in [-0.1, -0.05) is 32.8 Å². The Kier molecular flexibility index (Phi) is 7.56. The molecule has 3 heteroatoms. The molecule has 0 bridgehead atoms. The maximum atomic E-state index is 6.24. The molecule has 0 aliphatic rings. The topological polar surface area (TPSA) is 29.3 Å². The van der Waals surface area contributed by atoms with Crippen LogP contribution in [0.15, 0.2) is 17.5 Å². The monoisotopic (exact) mass is 268 g/mol. The molecule has 1 rings (SSSR count). The van der Waals surface area contributed by atoms with Crippen molar-refractivity contribution < 1.29 is 0 Å². The molecular formula is C15H28N2S. The van der Waals surface area contributed by atoms with E-state index in [1.807, 2.05) is 11.3 Å². The average molecular weight is 268 g/mol. The Hall–Kier alpha value is -0.380. The highest BCUT2D eigenvalue weighted by atomic mass is 32.1. The number of thiophene rings is 1. The van der Waals surface area contributed by atoms with Crippen molar-refractivity contribution in [2.24, 2.45) is 5.73 Å². The van der Waals surface area contributed by atoms with Crippen molar-refractivity contribution in [1.29, 1.82) is 0 Å². The smallest absolute Gasteiger partial charge is 0.0590 e. The van der Waals surface area contributed by atoms with Gasteiger partial charge in [0.05, 0.1) is 6.04 Å². The van der Waals surface area contributed by atoms with Crippen LogP contribution in [0.1, 0.15) is 57.4 Å². The Morgan fingerprint density at radius 2 is 1.83 bits per heavy atom. The minimum atomic E-state index is 0.192. The molecule has 0 spiro atoms. The Balaban J connectivity index is 2.76. The van der Waals surface area contributed by atoms with E-state index in [0.717, 1.165) is 0 Å². The van der Waals surface area contributed by atoms with Crippen molar-refractivity contribution >= 4 is 11.3 Å². The fourth-order valence-electron chi connectivity index (χ4n) is 2.34. The summed E-state index contributed by atoms with van der Waals surface area (Å²) in [5, 5.41) is 2.16. The Morgan fingerprint density at radius 3 is 2.22 bits per heavy atom. The van der Waals surface area contributed by atoms with E-state index in [1.54, 1.807) is 0 Å². The first kappa shape index (κ1) is 15.7. The summed E-state index contributed by atoms with van der Waals surface area (Å²) in [5.41, 5.74) is 6.24. The van der Waals surface area contributed by atoms with E-state index in [1.165, 1.54) is 43.6 Å². The van der Waals surface area contributed by atoms with Gasteiger partial charge in [0.2, 0.25) is 0 Å². The fourth-order valence-corrected chi connectivity index (χ4v) is 3.32. The molecule has 1 heterocycles. The first-order chi connectivity index (χ1) is 8.70. The molecule has 2 unspecified atom stereocenters. The number of hydrogen-bond acceptors (Lipinski definition) is 3. The SMILES string of the molecule is CCCCN(CCCC)C(c1cccs1)C(C)N. The number of hydrogen-bond donors (Lipinski definition) is 1. The molecule has 1 aromatic heterocycles. The molecule has 0 aliphatic carbocycles. The van der Waals surface area contributed by atoms with Crippen LogP contribution in [0.5, 0.6) is 0 Å². The molecule has 0 aromatic carbocycles. The van der Waals surface area contributed by atoms with Crippen LogP contribution in [0.3, 0.4) is 0 Å². The van der Waals surface area contributed by atoms with Gasteiger partial charge in [-0.15, -0.1) is 11.3 Å². The molecule has 2 atom stereocenters. The summed E-state index contributed by atoms with van der Waals surface area (Å²) >= 11 is 1.83. The minimum Gasteiger partial charge on any atom is -0.326 e. The summed E-state index contributed by atoms with van der Waals surface area (Å²) in [6.07, 6.45) is 5.02. The third-order valence-electron chi connectivity index (χ3n) is 3.32. The maximum absolute atomic E-state index is 6.24. The first-order valence-electron chi connectivity index (χ1n) is 7.23. The van der Waals surface area contributed by atoms with Gasteiger partial charge >= 0.3 is 0 Å². The molecular weight excluding hydrogens is 240 g/mol. The number of nitrogens with zero attached hydrogens (tertiary/aromatic N) is 1. The molecule has 2 nitrogen and oxygen atoms in total. The van der Waals surface area contributed by atoms with Crippen LogP contribution >= 0.6 is 11.3 Å². The lowest BCUT2D eigenvalue weighted by Gasteiger charge is -2.33. The largest absolute Gasteiger partial charge is 0.326 e. The molecule has 0 radical (unpaired) electrons. The van der Waals surface area contributed by atoms with Crippen LogP contribution in [0.2, 0.25) is 0 Å². The lowest BCUT2D eigenvalue weighted by atomic mass is 10.1. The van der Waals surface area contributed by atoms with Gasteiger partial charge in [-0.2, -0.15) is 0 Å². The summed E-state index contributed by atoms with van der Waals surface area (Å²) < 4.78 is 0. The highest BCUT2D eigenvalue weighted by Gasteiger charge is 2.23. The van der Waals surface area contributed by atoms with Crippen molar-refractivity contribution in [3.63, 3.8) is 0 Å². The van der Waals surface area contributed by atoms with Crippen LogP contribution in [-0.4, -0.2) is 24.0 Å². The van der Waals surface area contributed by atoms with Crippen LogP contribution < -0.4 is 5.73 Å². The van der Waals surface area contributed by atoms with Gasteiger partial charge in [0.1, 0.15) is 0 Å². The van der Waals surface area contributed by atoms with E-state index in [2.05, 4.69) is 43.2 Å². The third-order valence-corrected chi connectivity index (χ3v) is 4.27. The molecule has 2 N–H and O–H groups in total. The van der Waals surface area contributed by atoms with Crippen LogP contribution in [0.25, 0.3) is 0 Å². The maximum Gasteiger partial charge on any atom is 0.0590 e. The van der Waals surface area contributed by atoms with E-state index in [-0.39, 0.29) is 6.04 Å². The van der Waals surface area contributed by atoms with Crippen LogP contribution in [0, 0.1) is 0 Å². The zero-order chi connectivity index (χ0) is 13.4. The second-order valence-electron chi connectivity index (χ2n) is 5.06. The van der Waals surface area contributed by atoms with Crippen molar-refractivity contribution in [3.8, 4) is 0 Å². The summed E-state index contributed by atoms with van der Waals surface area (Å²) in [7, 11) is 0. The van der Waals surface area contributed by atoms with Crippen molar-refractivity contribution in [2.75, 3.05) is 13.1 Å². The number of nitrogens with two attached hydrogens (primary N) is 1. The summed E-state index contributed by atoms with van der Waals surface area (Å²) in [4.78, 5) is 4.00. The first-order valence-corrected chi connectivity index (χ1v) is 8.11. The third kappa shape index (κ3) is 4.71. The normalized spacial score (nSPS) is 14.9. The van der Waals surface area contributed by atoms with E-state index < -0.39 is 0 Å². The molecule has 0 amide bonds. The lowest BCUT2D eigenvalue weighted by Crippen LogP contribution is -2.40. The van der Waals surface area contributed by atoms with Crippen LogP contribution in [-0.2, 0) is 0 Å². The van der Waals surface area contributed by atoms with E-state index >= 15 is 0 Å². The Labute approximate surface area is 116 Å². The second kappa shape index (κ2) is 8.68. The number of rotatable bonds is 9. The fraction of sp³-hybridized carbons (Fsp3) is 0.733. The van der Waals surface area contributed by atoms with Crippen molar-refractivity contribution in [1.82, 2.24) is 4.90 Å². The second-order valence-corrected chi connectivity index (χ2v) is 6.04. The van der Waals surface area contributed by atoms with E-state index in [4.69, 9.17) is 5.73 Å². The Bertz CT molecular complexity index is 287. The van der Waals surface area contributed by atoms with Gasteiger partial charge in [0, 0.05) is 10.9 Å². The molecule has 104 valence electrons. The molecule has 18 heavy (non-hydrogen) atoms. The van der Waals surface area contributed by atoms with E-state index in [9.17, 15) is 0 Å². The van der Waals surface area contributed by atoms with Gasteiger partial charge in [-0.25, -0.2) is 0 Å². The standard InChI is InChI=1S/C15H28N2S/c1-4-6-10-17(11-7-5-2)15(13(3)16)14-9-8-12-18-14/h8-9,12-13,15H,4-7,10-11,16H2,1-3H3. The van der Waals surface area contributed by atoms with Crippen LogP contribution in [0.4, 0.5) is 0 Å². The summed E-state index contributed by atoms with van der Waals surface area (Å²) in [6, 6.07) is 4.94. The van der Waals surface area contributed by atoms with E-state index in [0.29, 0.717) is 6.04 Å². The zero-order valence-electron chi connectivity index (χ0n) is 12.1. The lowest BCUT2D eigenvalue weighted by molar-refractivity contribution is 0.174. The van der Waals surface area contributed by atoms with Gasteiger partial charge in [-0.3, -0.25) is 4.90 Å².